The van der Waals surface area contributed by atoms with Crippen LogP contribution in [0, 0.1) is 0 Å². The minimum atomic E-state index is -4.43. The summed E-state index contributed by atoms with van der Waals surface area (Å²) in [5.74, 6) is 0.177. The first-order valence-electron chi connectivity index (χ1n) is 11.3. The minimum absolute atomic E-state index is 0.111. The van der Waals surface area contributed by atoms with Gasteiger partial charge in [0, 0.05) is 29.1 Å². The number of alkyl halides is 3. The Bertz CT molecular complexity index is 1340. The molecule has 2 aromatic carbocycles. The van der Waals surface area contributed by atoms with Gasteiger partial charge in [0.15, 0.2) is 5.65 Å². The maximum atomic E-state index is 13.2. The Balaban J connectivity index is 1.34. The van der Waals surface area contributed by atoms with Crippen molar-refractivity contribution in [3.63, 3.8) is 0 Å². The number of benzene rings is 2. The molecular weight excluding hydrogens is 457 g/mol. The van der Waals surface area contributed by atoms with E-state index in [0.717, 1.165) is 38.1 Å². The van der Waals surface area contributed by atoms with E-state index in [1.165, 1.54) is 10.6 Å². The van der Waals surface area contributed by atoms with Crippen molar-refractivity contribution < 1.29 is 18.0 Å². The van der Waals surface area contributed by atoms with Gasteiger partial charge >= 0.3 is 6.18 Å². The molecular formula is C25H23F3N6O. The number of carbonyl (C=O) groups is 1. The van der Waals surface area contributed by atoms with Crippen molar-refractivity contribution in [2.24, 2.45) is 0 Å². The highest BCUT2D eigenvalue weighted by Crippen LogP contribution is 2.33. The summed E-state index contributed by atoms with van der Waals surface area (Å²) >= 11 is 0. The van der Waals surface area contributed by atoms with E-state index in [1.807, 2.05) is 0 Å². The van der Waals surface area contributed by atoms with Crippen molar-refractivity contribution >= 4 is 23.2 Å². The molecule has 1 aliphatic rings. The summed E-state index contributed by atoms with van der Waals surface area (Å²) < 4.78 is 41.0. The summed E-state index contributed by atoms with van der Waals surface area (Å²) in [5.41, 5.74) is 1.87. The van der Waals surface area contributed by atoms with Gasteiger partial charge < -0.3 is 16.0 Å². The molecule has 2 aromatic heterocycles. The fourth-order valence-electron chi connectivity index (χ4n) is 4.12. The Morgan fingerprint density at radius 3 is 2.54 bits per heavy atom. The molecule has 35 heavy (non-hydrogen) atoms. The monoisotopic (exact) mass is 480 g/mol. The Labute approximate surface area is 199 Å². The molecule has 180 valence electrons. The zero-order valence-corrected chi connectivity index (χ0v) is 18.6. The molecule has 5 rings (SSSR count). The van der Waals surface area contributed by atoms with Crippen LogP contribution in [-0.4, -0.2) is 39.6 Å². The lowest BCUT2D eigenvalue weighted by molar-refractivity contribution is -0.137. The van der Waals surface area contributed by atoms with E-state index < -0.39 is 11.7 Å². The van der Waals surface area contributed by atoms with E-state index in [1.54, 1.807) is 48.7 Å². The second-order valence-corrected chi connectivity index (χ2v) is 8.40. The van der Waals surface area contributed by atoms with Gasteiger partial charge in [-0.05, 0) is 80.0 Å². The number of nitrogens with zero attached hydrogens (tertiary/aromatic N) is 3. The van der Waals surface area contributed by atoms with E-state index in [9.17, 15) is 18.0 Å². The van der Waals surface area contributed by atoms with E-state index in [4.69, 9.17) is 0 Å². The van der Waals surface area contributed by atoms with Gasteiger partial charge in [-0.1, -0.05) is 12.1 Å². The van der Waals surface area contributed by atoms with E-state index >= 15 is 0 Å². The van der Waals surface area contributed by atoms with Crippen LogP contribution in [0.5, 0.6) is 0 Å². The number of aromatic nitrogens is 3. The lowest BCUT2D eigenvalue weighted by Gasteiger charge is -2.23. The molecule has 4 aromatic rings. The van der Waals surface area contributed by atoms with Gasteiger partial charge in [-0.3, -0.25) is 4.79 Å². The average Bonchev–Trinajstić information content (AvgIpc) is 3.27. The van der Waals surface area contributed by atoms with Crippen LogP contribution < -0.4 is 16.0 Å². The van der Waals surface area contributed by atoms with Crippen LogP contribution >= 0.6 is 0 Å². The molecule has 1 amide bonds. The molecule has 0 radical (unpaired) electrons. The van der Waals surface area contributed by atoms with Gasteiger partial charge in [0.05, 0.1) is 5.56 Å². The highest BCUT2D eigenvalue weighted by molar-refractivity contribution is 5.94. The van der Waals surface area contributed by atoms with Crippen LogP contribution in [0.15, 0.2) is 66.9 Å². The van der Waals surface area contributed by atoms with Crippen LogP contribution in [-0.2, 0) is 6.18 Å². The molecule has 0 saturated carbocycles. The quantitative estimate of drug-likeness (QED) is 0.388. The van der Waals surface area contributed by atoms with Crippen molar-refractivity contribution in [2.45, 2.75) is 25.1 Å². The Kier molecular flexibility index (Phi) is 6.12. The highest BCUT2D eigenvalue weighted by atomic mass is 19.4. The first kappa shape index (κ1) is 22.9. The van der Waals surface area contributed by atoms with E-state index in [0.29, 0.717) is 28.0 Å². The third-order valence-electron chi connectivity index (χ3n) is 5.94. The normalized spacial score (nSPS) is 14.7. The van der Waals surface area contributed by atoms with Crippen molar-refractivity contribution in [3.05, 3.63) is 78.0 Å². The number of nitrogens with one attached hydrogen (secondary N) is 3. The molecule has 1 fully saturated rings. The second-order valence-electron chi connectivity index (χ2n) is 8.40. The largest absolute Gasteiger partial charge is 0.416 e. The van der Waals surface area contributed by atoms with Gasteiger partial charge in [0.25, 0.3) is 5.91 Å². The molecule has 0 spiro atoms. The predicted molar refractivity (Wildman–Crippen MR) is 127 cm³/mol. The molecule has 10 heteroatoms. The van der Waals surface area contributed by atoms with Gasteiger partial charge in [0.1, 0.15) is 0 Å². The van der Waals surface area contributed by atoms with Crippen LogP contribution in [0.25, 0.3) is 16.8 Å². The molecule has 0 aliphatic carbocycles. The lowest BCUT2D eigenvalue weighted by Crippen LogP contribution is -2.42. The number of anilines is 2. The lowest BCUT2D eigenvalue weighted by atomic mass is 10.0. The fraction of sp³-hybridized carbons (Fsp3) is 0.240. The number of hydrogen-bond donors (Lipinski definition) is 3. The van der Waals surface area contributed by atoms with Crippen molar-refractivity contribution in [2.75, 3.05) is 18.4 Å². The number of pyridine rings is 1. The predicted octanol–water partition coefficient (Wildman–Crippen LogP) is 4.64. The Hall–Kier alpha value is -3.92. The number of halogens is 3. The number of fused-ring (bicyclic) bond motifs is 1. The van der Waals surface area contributed by atoms with E-state index in [2.05, 4.69) is 26.0 Å². The number of amides is 1. The summed E-state index contributed by atoms with van der Waals surface area (Å²) in [5, 5.41) is 13.8. The van der Waals surface area contributed by atoms with Crippen LogP contribution in [0.4, 0.5) is 24.8 Å². The van der Waals surface area contributed by atoms with Crippen molar-refractivity contribution in [3.8, 4) is 11.1 Å². The smallest absolute Gasteiger partial charge is 0.349 e. The van der Waals surface area contributed by atoms with E-state index in [-0.39, 0.29) is 17.9 Å². The van der Waals surface area contributed by atoms with Crippen molar-refractivity contribution in [1.82, 2.24) is 25.2 Å². The number of rotatable bonds is 5. The maximum absolute atomic E-state index is 13.2. The maximum Gasteiger partial charge on any atom is 0.416 e. The summed E-state index contributed by atoms with van der Waals surface area (Å²) in [6, 6.07) is 15.7. The zero-order chi connectivity index (χ0) is 24.4. The summed E-state index contributed by atoms with van der Waals surface area (Å²) in [4.78, 5) is 17.0. The zero-order valence-electron chi connectivity index (χ0n) is 18.6. The number of carbonyl (C=O) groups excluding carboxylic acids is 1. The van der Waals surface area contributed by atoms with Gasteiger partial charge in [0.2, 0.25) is 5.95 Å². The average molecular weight is 480 g/mol. The molecule has 7 nitrogen and oxygen atoms in total. The summed E-state index contributed by atoms with van der Waals surface area (Å²) in [7, 11) is 0. The molecule has 3 N–H and O–H groups in total. The molecule has 0 atom stereocenters. The molecule has 0 unspecified atom stereocenters. The summed E-state index contributed by atoms with van der Waals surface area (Å²) in [6.07, 6.45) is -0.933. The molecule has 1 aliphatic heterocycles. The number of piperidine rings is 1. The summed E-state index contributed by atoms with van der Waals surface area (Å²) in [6.45, 7) is 1.80. The molecule has 1 saturated heterocycles. The highest BCUT2D eigenvalue weighted by Gasteiger charge is 2.30. The molecule has 3 heterocycles. The fourth-order valence-corrected chi connectivity index (χ4v) is 4.12. The third kappa shape index (κ3) is 5.12. The van der Waals surface area contributed by atoms with Gasteiger partial charge in [-0.2, -0.15) is 18.2 Å². The molecule has 0 bridgehead atoms. The second kappa shape index (κ2) is 9.38. The first-order chi connectivity index (χ1) is 16.9. The third-order valence-corrected chi connectivity index (χ3v) is 5.94. The van der Waals surface area contributed by atoms with Crippen LogP contribution in [0.3, 0.4) is 0 Å². The minimum Gasteiger partial charge on any atom is -0.349 e. The van der Waals surface area contributed by atoms with Crippen molar-refractivity contribution in [1.29, 1.82) is 0 Å². The van der Waals surface area contributed by atoms with Crippen LogP contribution in [0.2, 0.25) is 0 Å². The SMILES string of the molecule is O=C(NC1CCNCC1)c1ccc(Nc2nc3c(-c4cccc(C(F)(F)F)c4)cccn3n2)cc1. The Morgan fingerprint density at radius 1 is 1.03 bits per heavy atom. The first-order valence-corrected chi connectivity index (χ1v) is 11.3. The van der Waals surface area contributed by atoms with Crippen LogP contribution in [0.1, 0.15) is 28.8 Å². The van der Waals surface area contributed by atoms with Gasteiger partial charge in [-0.15, -0.1) is 5.10 Å². The standard InChI is InChI=1S/C25H23F3N6O/c26-25(27,28)18-4-1-3-17(15-18)21-5-2-14-34-22(21)32-24(33-34)31-19-8-6-16(7-9-19)23(35)30-20-10-12-29-13-11-20/h1-9,14-15,20,29H,10-13H2,(H,30,35)(H,31,33). The number of hydrogen-bond acceptors (Lipinski definition) is 5. The van der Waals surface area contributed by atoms with Gasteiger partial charge in [-0.25, -0.2) is 4.52 Å². The topological polar surface area (TPSA) is 83.4 Å². The Morgan fingerprint density at radius 2 is 1.80 bits per heavy atom.